The third-order valence-corrected chi connectivity index (χ3v) is 5.40. The molecule has 0 N–H and O–H groups in total. The van der Waals surface area contributed by atoms with Gasteiger partial charge in [-0.3, -0.25) is 24.5 Å². The van der Waals surface area contributed by atoms with Crippen molar-refractivity contribution in [1.82, 2.24) is 15.0 Å². The van der Waals surface area contributed by atoms with Crippen molar-refractivity contribution in [3.05, 3.63) is 75.1 Å². The Morgan fingerprint density at radius 2 is 1.49 bits per heavy atom. The number of nitrogens with zero attached hydrogens (tertiary/aromatic N) is 4. The van der Waals surface area contributed by atoms with Crippen molar-refractivity contribution in [3.63, 3.8) is 0 Å². The second-order valence-electron chi connectivity index (χ2n) is 8.09. The first-order valence-corrected chi connectivity index (χ1v) is 12.1. The van der Waals surface area contributed by atoms with Gasteiger partial charge in [-0.05, 0) is 12.5 Å². The van der Waals surface area contributed by atoms with E-state index in [1.807, 2.05) is 6.07 Å². The molecule has 0 saturated carbocycles. The molecule has 0 amide bonds. The van der Waals surface area contributed by atoms with Crippen molar-refractivity contribution in [2.45, 2.75) is 33.1 Å². The van der Waals surface area contributed by atoms with Crippen LogP contribution in [-0.4, -0.2) is 64.4 Å². The minimum absolute atomic E-state index is 0.000815. The van der Waals surface area contributed by atoms with E-state index < -0.39 is 58.0 Å². The summed E-state index contributed by atoms with van der Waals surface area (Å²) in [5.74, 6) is -3.47. The van der Waals surface area contributed by atoms with E-state index in [-0.39, 0.29) is 37.6 Å². The van der Waals surface area contributed by atoms with Crippen LogP contribution in [0, 0.1) is 10.1 Å². The minimum Gasteiger partial charge on any atom is -0.493 e. The van der Waals surface area contributed by atoms with E-state index in [1.54, 1.807) is 24.3 Å². The fourth-order valence-electron chi connectivity index (χ4n) is 3.44. The number of rotatable bonds is 14. The van der Waals surface area contributed by atoms with E-state index in [9.17, 15) is 29.3 Å². The van der Waals surface area contributed by atoms with Crippen molar-refractivity contribution in [3.8, 4) is 11.5 Å². The second kappa shape index (κ2) is 14.2. The monoisotopic (exact) mass is 570 g/mol. The van der Waals surface area contributed by atoms with E-state index in [2.05, 4.69) is 10.2 Å². The van der Waals surface area contributed by atoms with Gasteiger partial charge in [-0.25, -0.2) is 4.79 Å². The quantitative estimate of drug-likeness (QED) is 0.0905. The molecule has 15 nitrogen and oxygen atoms in total. The zero-order valence-corrected chi connectivity index (χ0v) is 22.4. The summed E-state index contributed by atoms with van der Waals surface area (Å²) in [7, 11) is 2.54. The first-order valence-electron chi connectivity index (χ1n) is 12.1. The number of methoxy groups -OCH3 is 2. The normalized spacial score (nSPS) is 10.4. The summed E-state index contributed by atoms with van der Waals surface area (Å²) in [6, 6.07) is 11.1. The van der Waals surface area contributed by atoms with Crippen LogP contribution >= 0.6 is 0 Å². The van der Waals surface area contributed by atoms with Gasteiger partial charge in [0, 0.05) is 6.07 Å². The van der Waals surface area contributed by atoms with Crippen LogP contribution in [0.15, 0.2) is 42.5 Å². The van der Waals surface area contributed by atoms with Crippen LogP contribution in [0.5, 0.6) is 11.5 Å². The smallest absolute Gasteiger partial charge is 0.361 e. The summed E-state index contributed by atoms with van der Waals surface area (Å²) >= 11 is 0. The van der Waals surface area contributed by atoms with E-state index >= 15 is 0 Å². The molecule has 41 heavy (non-hydrogen) atoms. The lowest BCUT2D eigenvalue weighted by atomic mass is 10.0. The van der Waals surface area contributed by atoms with Crippen molar-refractivity contribution in [2.75, 3.05) is 20.8 Å². The van der Waals surface area contributed by atoms with Crippen molar-refractivity contribution in [1.29, 1.82) is 0 Å². The van der Waals surface area contributed by atoms with Gasteiger partial charge in [0.1, 0.15) is 12.2 Å². The summed E-state index contributed by atoms with van der Waals surface area (Å²) in [6.45, 7) is 0.879. The molecule has 0 fully saturated rings. The maximum Gasteiger partial charge on any atom is 0.361 e. The fraction of sp³-hybridized carbons (Fsp3) is 0.308. The summed E-state index contributed by atoms with van der Waals surface area (Å²) in [6.07, 6.45) is -0.567. The van der Waals surface area contributed by atoms with Gasteiger partial charge in [-0.15, -0.1) is 15.0 Å². The van der Waals surface area contributed by atoms with Gasteiger partial charge in [0.05, 0.1) is 44.7 Å². The molecule has 0 atom stereocenters. The predicted molar refractivity (Wildman–Crippen MR) is 137 cm³/mol. The molecule has 0 unspecified atom stereocenters. The highest BCUT2D eigenvalue weighted by atomic mass is 16.6. The van der Waals surface area contributed by atoms with Crippen LogP contribution in [0.3, 0.4) is 0 Å². The number of hydrogen-bond acceptors (Lipinski definition) is 13. The van der Waals surface area contributed by atoms with Crippen LogP contribution < -0.4 is 9.47 Å². The number of ether oxygens (including phenoxy) is 5. The Morgan fingerprint density at radius 1 is 0.878 bits per heavy atom. The molecule has 0 aliphatic rings. The average Bonchev–Trinajstić information content (AvgIpc) is 3.42. The summed E-state index contributed by atoms with van der Waals surface area (Å²) < 4.78 is 25.3. The number of hydrogen-bond donors (Lipinski definition) is 0. The number of nitro groups is 1. The molecule has 0 spiro atoms. The van der Waals surface area contributed by atoms with Gasteiger partial charge in [0.2, 0.25) is 18.2 Å². The first kappa shape index (κ1) is 30.2. The van der Waals surface area contributed by atoms with Gasteiger partial charge in [0.25, 0.3) is 5.69 Å². The number of aromatic nitrogens is 3. The molecule has 216 valence electrons. The van der Waals surface area contributed by atoms with E-state index in [0.29, 0.717) is 0 Å². The molecule has 0 bridgehead atoms. The SMILES string of the molecule is CCOC(=O)c1nn(COC(=O)CCC(=O)OCc2ccccc2)nc1C(=O)c1cc(OC)c(OC)cc1[N+](=O)[O-]. The van der Waals surface area contributed by atoms with Crippen molar-refractivity contribution < 1.29 is 47.8 Å². The molecule has 1 aromatic heterocycles. The Balaban J connectivity index is 1.74. The number of nitro benzene ring substituents is 1. The molecular weight excluding hydrogens is 544 g/mol. The largest absolute Gasteiger partial charge is 0.493 e. The fourth-order valence-corrected chi connectivity index (χ4v) is 3.44. The Hall–Kier alpha value is -5.34. The van der Waals surface area contributed by atoms with Gasteiger partial charge in [-0.1, -0.05) is 30.3 Å². The standard InChI is InChI=1S/C26H26N4O11/c1-4-39-26(34)24-23(25(33)17-12-19(37-2)20(38-3)13-18(17)30(35)36)27-29(28-24)15-41-22(32)11-10-21(31)40-14-16-8-6-5-7-9-16/h5-9,12-13H,4,10-11,14-15H2,1-3H3. The van der Waals surface area contributed by atoms with Gasteiger partial charge in [-0.2, -0.15) is 0 Å². The summed E-state index contributed by atoms with van der Waals surface area (Å²) in [4.78, 5) is 61.6. The van der Waals surface area contributed by atoms with Crippen LogP contribution in [0.2, 0.25) is 0 Å². The molecule has 0 radical (unpaired) electrons. The zero-order chi connectivity index (χ0) is 29.9. The van der Waals surface area contributed by atoms with Crippen molar-refractivity contribution in [2.24, 2.45) is 0 Å². The second-order valence-corrected chi connectivity index (χ2v) is 8.09. The maximum atomic E-state index is 13.4. The molecule has 0 saturated heterocycles. The topological polar surface area (TPSA) is 188 Å². The Kier molecular flexibility index (Phi) is 10.4. The van der Waals surface area contributed by atoms with Gasteiger partial charge in [0.15, 0.2) is 17.2 Å². The lowest BCUT2D eigenvalue weighted by Crippen LogP contribution is -2.14. The van der Waals surface area contributed by atoms with Crippen LogP contribution in [0.1, 0.15) is 51.9 Å². The number of benzene rings is 2. The average molecular weight is 571 g/mol. The molecule has 15 heteroatoms. The molecule has 2 aromatic carbocycles. The van der Waals surface area contributed by atoms with Gasteiger partial charge >= 0.3 is 17.9 Å². The summed E-state index contributed by atoms with van der Waals surface area (Å²) in [5, 5.41) is 19.5. The highest BCUT2D eigenvalue weighted by Gasteiger charge is 2.32. The van der Waals surface area contributed by atoms with Crippen LogP contribution in [0.4, 0.5) is 5.69 Å². The molecule has 0 aliphatic heterocycles. The predicted octanol–water partition coefficient (Wildman–Crippen LogP) is 2.64. The van der Waals surface area contributed by atoms with Crippen molar-refractivity contribution >= 4 is 29.4 Å². The molecule has 0 aliphatic carbocycles. The molecule has 3 rings (SSSR count). The lowest BCUT2D eigenvalue weighted by molar-refractivity contribution is -0.385. The molecule has 1 heterocycles. The maximum absolute atomic E-state index is 13.4. The Labute approximate surface area is 233 Å². The number of carbonyl (C=O) groups excluding carboxylic acids is 4. The lowest BCUT2D eigenvalue weighted by Gasteiger charge is -2.09. The number of carbonyl (C=O) groups is 4. The van der Waals surface area contributed by atoms with Crippen LogP contribution in [-0.2, 0) is 37.1 Å². The molecule has 3 aromatic rings. The van der Waals surface area contributed by atoms with E-state index in [4.69, 9.17) is 23.7 Å². The van der Waals surface area contributed by atoms with Crippen LogP contribution in [0.25, 0.3) is 0 Å². The van der Waals surface area contributed by atoms with E-state index in [1.165, 1.54) is 21.1 Å². The number of ketones is 1. The molecular formula is C26H26N4O11. The third-order valence-electron chi connectivity index (χ3n) is 5.40. The highest BCUT2D eigenvalue weighted by molar-refractivity contribution is 6.14. The van der Waals surface area contributed by atoms with E-state index in [0.717, 1.165) is 22.5 Å². The first-order chi connectivity index (χ1) is 19.7. The highest BCUT2D eigenvalue weighted by Crippen LogP contribution is 2.35. The minimum atomic E-state index is -1.04. The van der Waals surface area contributed by atoms with Gasteiger partial charge < -0.3 is 23.7 Å². The third kappa shape index (κ3) is 7.84. The number of esters is 3. The summed E-state index contributed by atoms with van der Waals surface area (Å²) in [5.41, 5.74) is -1.45. The Bertz CT molecular complexity index is 1440. The zero-order valence-electron chi connectivity index (χ0n) is 22.4. The Morgan fingerprint density at radius 3 is 2.10 bits per heavy atom.